The summed E-state index contributed by atoms with van der Waals surface area (Å²) in [6.45, 7) is 7.59. The summed E-state index contributed by atoms with van der Waals surface area (Å²) in [6.07, 6.45) is 8.73. The molecule has 42 heavy (non-hydrogen) atoms. The molecule has 0 aromatic carbocycles. The maximum atomic E-state index is 11.9. The molecule has 1 saturated heterocycles. The lowest BCUT2D eigenvalue weighted by molar-refractivity contribution is 0.0340. The first-order valence-corrected chi connectivity index (χ1v) is 15.4. The van der Waals surface area contributed by atoms with E-state index in [2.05, 4.69) is 38.4 Å². The largest absolute Gasteiger partial charge is 0.439 e. The summed E-state index contributed by atoms with van der Waals surface area (Å²) in [5.74, 6) is 2.56. The van der Waals surface area contributed by atoms with Crippen molar-refractivity contribution in [3.63, 3.8) is 0 Å². The summed E-state index contributed by atoms with van der Waals surface area (Å²) in [5.41, 5.74) is 3.61. The first kappa shape index (κ1) is 28.7. The van der Waals surface area contributed by atoms with Gasteiger partial charge in [0, 0.05) is 45.5 Å². The highest BCUT2D eigenvalue weighted by atomic mass is 35.5. The van der Waals surface area contributed by atoms with Crippen LogP contribution < -0.4 is 15.6 Å². The first-order valence-electron chi connectivity index (χ1n) is 15.0. The molecule has 0 radical (unpaired) electrons. The van der Waals surface area contributed by atoms with E-state index < -0.39 is 5.76 Å². The molecule has 1 saturated carbocycles. The zero-order chi connectivity index (χ0) is 29.4. The van der Waals surface area contributed by atoms with E-state index in [0.717, 1.165) is 66.8 Å². The summed E-state index contributed by atoms with van der Waals surface area (Å²) in [4.78, 5) is 33.8. The number of H-pyrrole nitrogens is 1. The van der Waals surface area contributed by atoms with E-state index in [-0.39, 0.29) is 11.9 Å². The van der Waals surface area contributed by atoms with Crippen LogP contribution in [0.3, 0.4) is 0 Å². The van der Waals surface area contributed by atoms with Gasteiger partial charge >= 0.3 is 5.76 Å². The zero-order valence-electron chi connectivity index (χ0n) is 24.8. The average molecular weight is 595 g/mol. The topological polar surface area (TPSA) is 118 Å². The lowest BCUT2D eigenvalue weighted by atomic mass is 9.83. The van der Waals surface area contributed by atoms with Crippen LogP contribution >= 0.6 is 11.6 Å². The summed E-state index contributed by atoms with van der Waals surface area (Å²) in [7, 11) is 3.90. The van der Waals surface area contributed by atoms with Crippen LogP contribution in [0.1, 0.15) is 52.4 Å². The van der Waals surface area contributed by atoms with Gasteiger partial charge in [0.15, 0.2) is 0 Å². The molecule has 1 atom stereocenters. The number of nitrogens with one attached hydrogen (secondary N) is 1. The van der Waals surface area contributed by atoms with Gasteiger partial charge in [0.05, 0.1) is 28.8 Å². The Morgan fingerprint density at radius 1 is 1.17 bits per heavy atom. The summed E-state index contributed by atoms with van der Waals surface area (Å²) in [5, 5.41) is 4.44. The number of fused-ring (bicyclic) bond motifs is 1. The molecule has 0 unspecified atom stereocenters. The Morgan fingerprint density at radius 3 is 2.69 bits per heavy atom. The minimum atomic E-state index is -0.639. The number of nitrogens with zero attached hydrogens (tertiary/aromatic N) is 7. The first-order chi connectivity index (χ1) is 20.3. The molecule has 5 heterocycles. The molecule has 4 aromatic heterocycles. The smallest absolute Gasteiger partial charge is 0.375 e. The standard InChI is InChI=1S/C30H39ClN8O3/c1-5-6-21-17-38(11-12-41-21)29-34-23-14-24(27-35-30(40)42-36-27)33-25(22-13-20(31)15-32-28(22)37(3)4)26(23)39(29)16-19-9-7-18(2)8-10-19/h13-15,18-19,21H,5-12,16-17H2,1-4H3,(H,35,36,40)/t18?,19?,21-/m1/s1. The number of anilines is 2. The van der Waals surface area contributed by atoms with Crippen molar-refractivity contribution >= 4 is 34.4 Å². The third-order valence-corrected chi connectivity index (χ3v) is 8.71. The van der Waals surface area contributed by atoms with Crippen LogP contribution in [0, 0.1) is 11.8 Å². The van der Waals surface area contributed by atoms with E-state index in [1.165, 1.54) is 25.7 Å². The number of aromatic nitrogens is 6. The third-order valence-electron chi connectivity index (χ3n) is 8.51. The minimum Gasteiger partial charge on any atom is -0.375 e. The molecule has 0 bridgehead atoms. The van der Waals surface area contributed by atoms with Gasteiger partial charge in [-0.2, -0.15) is 0 Å². The molecule has 1 aliphatic carbocycles. The van der Waals surface area contributed by atoms with Gasteiger partial charge in [-0.15, -0.1) is 0 Å². The molecule has 1 aliphatic heterocycles. The molecular formula is C30H39ClN8O3. The second-order valence-corrected chi connectivity index (χ2v) is 12.4. The number of imidazole rings is 1. The molecule has 0 amide bonds. The molecule has 0 spiro atoms. The number of morpholine rings is 1. The van der Waals surface area contributed by atoms with Crippen LogP contribution in [0.15, 0.2) is 27.6 Å². The van der Waals surface area contributed by atoms with Crippen molar-refractivity contribution in [2.24, 2.45) is 11.8 Å². The van der Waals surface area contributed by atoms with E-state index in [1.807, 2.05) is 31.1 Å². The van der Waals surface area contributed by atoms with Crippen LogP contribution in [0.25, 0.3) is 33.8 Å². The quantitative estimate of drug-likeness (QED) is 0.286. The highest BCUT2D eigenvalue weighted by molar-refractivity contribution is 6.30. The van der Waals surface area contributed by atoms with Gasteiger partial charge in [0.2, 0.25) is 11.8 Å². The number of halogens is 1. The fourth-order valence-electron chi connectivity index (χ4n) is 6.34. The van der Waals surface area contributed by atoms with Crippen molar-refractivity contribution in [2.45, 2.75) is 65.0 Å². The number of aromatic amines is 1. The lowest BCUT2D eigenvalue weighted by Crippen LogP contribution is -2.43. The van der Waals surface area contributed by atoms with Crippen LogP contribution in [-0.2, 0) is 11.3 Å². The molecule has 12 heteroatoms. The molecule has 224 valence electrons. The third kappa shape index (κ3) is 5.76. The zero-order valence-corrected chi connectivity index (χ0v) is 25.5. The van der Waals surface area contributed by atoms with E-state index in [9.17, 15) is 4.79 Å². The molecule has 6 rings (SSSR count). The molecular weight excluding hydrogens is 556 g/mol. The van der Waals surface area contributed by atoms with Gasteiger partial charge in [-0.1, -0.05) is 49.9 Å². The van der Waals surface area contributed by atoms with Crippen molar-refractivity contribution in [1.29, 1.82) is 0 Å². The predicted molar refractivity (Wildman–Crippen MR) is 164 cm³/mol. The number of ether oxygens (including phenoxy) is 1. The summed E-state index contributed by atoms with van der Waals surface area (Å²) in [6, 6.07) is 3.78. The van der Waals surface area contributed by atoms with Crippen LogP contribution in [0.4, 0.5) is 11.8 Å². The molecule has 2 fully saturated rings. The van der Waals surface area contributed by atoms with Crippen molar-refractivity contribution in [2.75, 3.05) is 43.6 Å². The van der Waals surface area contributed by atoms with Gasteiger partial charge in [0.1, 0.15) is 17.2 Å². The van der Waals surface area contributed by atoms with Crippen molar-refractivity contribution in [1.82, 2.24) is 29.7 Å². The predicted octanol–water partition coefficient (Wildman–Crippen LogP) is 5.39. The monoisotopic (exact) mass is 594 g/mol. The normalized spacial score (nSPS) is 21.3. The molecule has 4 aromatic rings. The number of hydrogen-bond acceptors (Lipinski definition) is 9. The molecule has 2 aliphatic rings. The molecule has 11 nitrogen and oxygen atoms in total. The van der Waals surface area contributed by atoms with Crippen molar-refractivity contribution in [3.8, 4) is 22.8 Å². The van der Waals surface area contributed by atoms with E-state index in [4.69, 9.17) is 30.8 Å². The number of pyridine rings is 2. The molecule has 1 N–H and O–H groups in total. The van der Waals surface area contributed by atoms with Gasteiger partial charge < -0.3 is 19.1 Å². The summed E-state index contributed by atoms with van der Waals surface area (Å²) < 4.78 is 13.3. The number of rotatable bonds is 8. The lowest BCUT2D eigenvalue weighted by Gasteiger charge is -2.35. The highest BCUT2D eigenvalue weighted by Crippen LogP contribution is 2.39. The Hall–Kier alpha value is -3.44. The van der Waals surface area contributed by atoms with E-state index in [1.54, 1.807) is 6.20 Å². The Bertz CT molecular complexity index is 1600. The second kappa shape index (κ2) is 12.0. The van der Waals surface area contributed by atoms with Crippen LogP contribution in [0.5, 0.6) is 0 Å². The fraction of sp³-hybridized carbons (Fsp3) is 0.567. The fourth-order valence-corrected chi connectivity index (χ4v) is 6.50. The SMILES string of the molecule is CCC[C@@H]1CN(c2nc3cc(-c4noc(=O)[nH]4)nc(-c4cc(Cl)cnc4N(C)C)c3n2CC2CCC(C)CC2)CCO1. The second-order valence-electron chi connectivity index (χ2n) is 12.0. The van der Waals surface area contributed by atoms with Crippen molar-refractivity contribution in [3.05, 3.63) is 33.9 Å². The van der Waals surface area contributed by atoms with Gasteiger partial charge in [-0.05, 0) is 43.2 Å². The van der Waals surface area contributed by atoms with E-state index >= 15 is 0 Å². The van der Waals surface area contributed by atoms with Gasteiger partial charge in [-0.25, -0.2) is 19.7 Å². The van der Waals surface area contributed by atoms with Crippen LogP contribution in [0.2, 0.25) is 5.02 Å². The minimum absolute atomic E-state index is 0.165. The number of hydrogen-bond donors (Lipinski definition) is 1. The van der Waals surface area contributed by atoms with Gasteiger partial charge in [0.25, 0.3) is 0 Å². The maximum Gasteiger partial charge on any atom is 0.439 e. The van der Waals surface area contributed by atoms with Gasteiger partial charge in [-0.3, -0.25) is 9.51 Å². The Morgan fingerprint density at radius 2 is 1.98 bits per heavy atom. The summed E-state index contributed by atoms with van der Waals surface area (Å²) >= 11 is 6.54. The average Bonchev–Trinajstić information content (AvgIpc) is 3.57. The highest BCUT2D eigenvalue weighted by Gasteiger charge is 2.30. The Labute approximate surface area is 250 Å². The van der Waals surface area contributed by atoms with Crippen LogP contribution in [-0.4, -0.2) is 69.6 Å². The Balaban J connectivity index is 1.59. The van der Waals surface area contributed by atoms with Crippen molar-refractivity contribution < 1.29 is 9.26 Å². The maximum absolute atomic E-state index is 11.9. The van der Waals surface area contributed by atoms with E-state index in [0.29, 0.717) is 28.9 Å². The Kier molecular flexibility index (Phi) is 8.22.